The topological polar surface area (TPSA) is 58.5 Å². The summed E-state index contributed by atoms with van der Waals surface area (Å²) in [4.78, 5) is 4.51. The van der Waals surface area contributed by atoms with Gasteiger partial charge in [-0.05, 0) is 68.3 Å². The lowest BCUT2D eigenvalue weighted by atomic mass is 10.1. The molecule has 29 heavy (non-hydrogen) atoms. The maximum atomic E-state index is 12.8. The van der Waals surface area contributed by atoms with E-state index in [1.165, 1.54) is 12.1 Å². The minimum absolute atomic E-state index is 0.167. The van der Waals surface area contributed by atoms with Crippen molar-refractivity contribution in [1.82, 2.24) is 0 Å². The molecule has 0 unspecified atom stereocenters. The summed E-state index contributed by atoms with van der Waals surface area (Å²) in [5, 5.41) is 1.04. The first kappa shape index (κ1) is 21.4. The molecule has 0 bridgehead atoms. The van der Waals surface area contributed by atoms with Crippen molar-refractivity contribution in [3.8, 4) is 0 Å². The quantitative estimate of drug-likeness (QED) is 0.456. The Hall–Kier alpha value is -2.34. The number of nitrogens with zero attached hydrogens (tertiary/aromatic N) is 1. The van der Waals surface area contributed by atoms with Gasteiger partial charge >= 0.3 is 0 Å². The normalized spacial score (nSPS) is 11.8. The van der Waals surface area contributed by atoms with Gasteiger partial charge in [-0.2, -0.15) is 0 Å². The maximum absolute atomic E-state index is 12.8. The first-order chi connectivity index (χ1) is 13.7. The SMILES string of the molecule is Cc1cc(C)c(NS(=O)(=O)c2ccc(N=Cc3ccc(Cl)cc3Cl)cc2)c(C)c1. The molecule has 0 aliphatic carbocycles. The first-order valence-corrected chi connectivity index (χ1v) is 11.1. The van der Waals surface area contributed by atoms with Crippen molar-refractivity contribution in [2.45, 2.75) is 25.7 Å². The zero-order valence-corrected chi connectivity index (χ0v) is 18.5. The Kier molecular flexibility index (Phi) is 6.32. The van der Waals surface area contributed by atoms with Gasteiger partial charge in [0, 0.05) is 16.8 Å². The summed E-state index contributed by atoms with van der Waals surface area (Å²) in [5.41, 5.74) is 4.79. The lowest BCUT2D eigenvalue weighted by Crippen LogP contribution is -2.14. The van der Waals surface area contributed by atoms with Crippen molar-refractivity contribution >= 4 is 50.8 Å². The Morgan fingerprint density at radius 2 is 1.52 bits per heavy atom. The van der Waals surface area contributed by atoms with Gasteiger partial charge in [0.05, 0.1) is 21.3 Å². The van der Waals surface area contributed by atoms with E-state index in [4.69, 9.17) is 23.2 Å². The number of nitrogens with one attached hydrogen (secondary N) is 1. The van der Waals surface area contributed by atoms with Crippen molar-refractivity contribution in [1.29, 1.82) is 0 Å². The minimum Gasteiger partial charge on any atom is -0.279 e. The van der Waals surface area contributed by atoms with Crippen LogP contribution in [0.3, 0.4) is 0 Å². The highest BCUT2D eigenvalue weighted by atomic mass is 35.5. The van der Waals surface area contributed by atoms with E-state index in [9.17, 15) is 8.42 Å². The zero-order chi connectivity index (χ0) is 21.2. The molecule has 0 aliphatic rings. The molecule has 0 fully saturated rings. The van der Waals surface area contributed by atoms with Crippen molar-refractivity contribution < 1.29 is 8.42 Å². The summed E-state index contributed by atoms with van der Waals surface area (Å²) in [7, 11) is -3.70. The van der Waals surface area contributed by atoms with Crippen molar-refractivity contribution in [2.75, 3.05) is 4.72 Å². The smallest absolute Gasteiger partial charge is 0.261 e. The fraction of sp³-hybridized carbons (Fsp3) is 0.136. The molecular formula is C22H20Cl2N2O2S. The minimum atomic E-state index is -3.70. The van der Waals surface area contributed by atoms with Gasteiger partial charge in [-0.25, -0.2) is 8.42 Å². The molecule has 0 aromatic heterocycles. The molecular weight excluding hydrogens is 427 g/mol. The second-order valence-corrected chi connectivity index (χ2v) is 9.32. The third kappa shape index (κ3) is 5.18. The van der Waals surface area contributed by atoms with Crippen molar-refractivity contribution in [2.24, 2.45) is 4.99 Å². The summed E-state index contributed by atoms with van der Waals surface area (Å²) in [5.74, 6) is 0. The maximum Gasteiger partial charge on any atom is 0.261 e. The highest BCUT2D eigenvalue weighted by molar-refractivity contribution is 7.92. The van der Waals surface area contributed by atoms with Gasteiger partial charge in [0.2, 0.25) is 0 Å². The van der Waals surface area contributed by atoms with E-state index in [1.807, 2.05) is 32.9 Å². The monoisotopic (exact) mass is 446 g/mol. The van der Waals surface area contributed by atoms with E-state index >= 15 is 0 Å². The van der Waals surface area contributed by atoms with Gasteiger partial charge in [-0.1, -0.05) is 47.0 Å². The van der Waals surface area contributed by atoms with Gasteiger partial charge < -0.3 is 0 Å². The van der Waals surface area contributed by atoms with Crippen LogP contribution in [0.25, 0.3) is 0 Å². The second kappa shape index (κ2) is 8.57. The number of anilines is 1. The molecule has 0 amide bonds. The fourth-order valence-electron chi connectivity index (χ4n) is 3.00. The molecule has 7 heteroatoms. The average Bonchev–Trinajstić information content (AvgIpc) is 2.64. The molecule has 0 atom stereocenters. The van der Waals surface area contributed by atoms with Crippen LogP contribution in [0.4, 0.5) is 11.4 Å². The highest BCUT2D eigenvalue weighted by Gasteiger charge is 2.16. The van der Waals surface area contributed by atoms with Crippen LogP contribution in [-0.2, 0) is 10.0 Å². The van der Waals surface area contributed by atoms with Gasteiger partial charge in [-0.15, -0.1) is 0 Å². The first-order valence-electron chi connectivity index (χ1n) is 8.85. The molecule has 0 saturated heterocycles. The Balaban J connectivity index is 1.81. The number of hydrogen-bond acceptors (Lipinski definition) is 3. The van der Waals surface area contributed by atoms with E-state index in [0.29, 0.717) is 21.4 Å². The van der Waals surface area contributed by atoms with E-state index in [0.717, 1.165) is 22.3 Å². The standard InChI is InChI=1S/C22H20Cl2N2O2S/c1-14-10-15(2)22(16(3)11-14)26-29(27,28)20-8-6-19(7-9-20)25-13-17-4-5-18(23)12-21(17)24/h4-13,26H,1-3H3. The zero-order valence-electron chi connectivity index (χ0n) is 16.2. The largest absolute Gasteiger partial charge is 0.279 e. The molecule has 1 N–H and O–H groups in total. The molecule has 3 rings (SSSR count). The van der Waals surface area contributed by atoms with Gasteiger partial charge in [-0.3, -0.25) is 9.71 Å². The molecule has 0 radical (unpaired) electrons. The van der Waals surface area contributed by atoms with Crippen LogP contribution in [0.5, 0.6) is 0 Å². The van der Waals surface area contributed by atoms with Gasteiger partial charge in [0.1, 0.15) is 0 Å². The van der Waals surface area contributed by atoms with Crippen LogP contribution in [0, 0.1) is 20.8 Å². The van der Waals surface area contributed by atoms with E-state index < -0.39 is 10.0 Å². The van der Waals surface area contributed by atoms with Crippen molar-refractivity contribution in [3.05, 3.63) is 86.9 Å². The Morgan fingerprint density at radius 3 is 2.10 bits per heavy atom. The molecule has 4 nitrogen and oxygen atoms in total. The number of aliphatic imine (C=N–C) groups is 1. The van der Waals surface area contributed by atoms with Gasteiger partial charge in [0.15, 0.2) is 0 Å². The summed E-state index contributed by atoms with van der Waals surface area (Å²) in [6, 6.07) is 15.4. The predicted octanol–water partition coefficient (Wildman–Crippen LogP) is 6.47. The van der Waals surface area contributed by atoms with E-state index in [-0.39, 0.29) is 4.90 Å². The number of rotatable bonds is 5. The number of hydrogen-bond donors (Lipinski definition) is 1. The summed E-state index contributed by atoms with van der Waals surface area (Å²) >= 11 is 12.0. The molecule has 3 aromatic carbocycles. The van der Waals surface area contributed by atoms with Crippen LogP contribution < -0.4 is 4.72 Å². The van der Waals surface area contributed by atoms with Gasteiger partial charge in [0.25, 0.3) is 10.0 Å². The van der Waals surface area contributed by atoms with E-state index in [1.54, 1.807) is 36.5 Å². The Bertz CT molecular complexity index is 1160. The summed E-state index contributed by atoms with van der Waals surface area (Å²) < 4.78 is 28.2. The fourth-order valence-corrected chi connectivity index (χ4v) is 4.66. The highest BCUT2D eigenvalue weighted by Crippen LogP contribution is 2.26. The Labute approximate surface area is 181 Å². The van der Waals surface area contributed by atoms with Crippen LogP contribution >= 0.6 is 23.2 Å². The number of halogens is 2. The third-order valence-electron chi connectivity index (χ3n) is 4.38. The number of benzene rings is 3. The summed E-state index contributed by atoms with van der Waals surface area (Å²) in [6.07, 6.45) is 1.61. The molecule has 0 spiro atoms. The average molecular weight is 447 g/mol. The third-order valence-corrected chi connectivity index (χ3v) is 6.30. The van der Waals surface area contributed by atoms with Crippen LogP contribution in [0.2, 0.25) is 10.0 Å². The van der Waals surface area contributed by atoms with Crippen molar-refractivity contribution in [3.63, 3.8) is 0 Å². The lowest BCUT2D eigenvalue weighted by Gasteiger charge is -2.14. The second-order valence-electron chi connectivity index (χ2n) is 6.80. The molecule has 0 saturated carbocycles. The molecule has 3 aromatic rings. The van der Waals surface area contributed by atoms with Crippen LogP contribution in [0.1, 0.15) is 22.3 Å². The number of aryl methyl sites for hydroxylation is 3. The lowest BCUT2D eigenvalue weighted by molar-refractivity contribution is 0.601. The predicted molar refractivity (Wildman–Crippen MR) is 122 cm³/mol. The Morgan fingerprint density at radius 1 is 0.897 bits per heavy atom. The van der Waals surface area contributed by atoms with Crippen LogP contribution in [-0.4, -0.2) is 14.6 Å². The molecule has 150 valence electrons. The summed E-state index contributed by atoms with van der Waals surface area (Å²) in [6.45, 7) is 5.75. The molecule has 0 aliphatic heterocycles. The molecule has 0 heterocycles. The number of sulfonamides is 1. The van der Waals surface area contributed by atoms with Crippen LogP contribution in [0.15, 0.2) is 64.5 Å². The van der Waals surface area contributed by atoms with E-state index in [2.05, 4.69) is 9.71 Å².